The fourth-order valence-corrected chi connectivity index (χ4v) is 4.32. The third-order valence-corrected chi connectivity index (χ3v) is 5.44. The van der Waals surface area contributed by atoms with Gasteiger partial charge in [-0.3, -0.25) is 0 Å². The number of alkyl halides is 2. The van der Waals surface area contributed by atoms with E-state index in [9.17, 15) is 4.39 Å². The first-order valence-electron chi connectivity index (χ1n) is 5.40. The molecule has 0 aliphatic rings. The van der Waals surface area contributed by atoms with Gasteiger partial charge in [0, 0.05) is 10.7 Å². The van der Waals surface area contributed by atoms with Gasteiger partial charge >= 0.3 is 0 Å². The molecule has 0 heterocycles. The molecule has 16 heavy (non-hydrogen) atoms. The Bertz CT molecular complexity index is 332. The highest BCUT2D eigenvalue weighted by Gasteiger charge is 2.31. The van der Waals surface area contributed by atoms with Crippen LogP contribution < -0.4 is 0 Å². The van der Waals surface area contributed by atoms with Gasteiger partial charge < -0.3 is 0 Å². The molecule has 0 nitrogen and oxygen atoms in total. The van der Waals surface area contributed by atoms with E-state index < -0.39 is 0 Å². The highest BCUT2D eigenvalue weighted by atomic mass is 79.9. The van der Waals surface area contributed by atoms with Crippen molar-refractivity contribution in [3.8, 4) is 0 Å². The van der Waals surface area contributed by atoms with E-state index in [1.54, 1.807) is 12.1 Å². The summed E-state index contributed by atoms with van der Waals surface area (Å²) in [7, 11) is 0. The average molecular weight is 352 g/mol. The van der Waals surface area contributed by atoms with E-state index in [-0.39, 0.29) is 11.2 Å². The van der Waals surface area contributed by atoms with Crippen molar-refractivity contribution < 1.29 is 4.39 Å². The molecule has 90 valence electrons. The van der Waals surface area contributed by atoms with Crippen molar-refractivity contribution in [1.29, 1.82) is 0 Å². The molecule has 0 spiro atoms. The van der Waals surface area contributed by atoms with Gasteiger partial charge in [-0.15, -0.1) is 0 Å². The van der Waals surface area contributed by atoms with Crippen LogP contribution in [0.5, 0.6) is 0 Å². The summed E-state index contributed by atoms with van der Waals surface area (Å²) in [5.74, 6) is 0.383. The van der Waals surface area contributed by atoms with Gasteiger partial charge in [0.05, 0.1) is 0 Å². The van der Waals surface area contributed by atoms with Crippen LogP contribution in [0.4, 0.5) is 4.39 Å². The molecule has 0 unspecified atom stereocenters. The van der Waals surface area contributed by atoms with Gasteiger partial charge in [0.25, 0.3) is 0 Å². The number of rotatable bonds is 5. The average Bonchev–Trinajstić information content (AvgIpc) is 2.25. The smallest absolute Gasteiger partial charge is 0.123 e. The molecular weight excluding hydrogens is 335 g/mol. The largest absolute Gasteiger partial charge is 0.207 e. The zero-order valence-electron chi connectivity index (χ0n) is 9.64. The van der Waals surface area contributed by atoms with Gasteiger partial charge in [0.2, 0.25) is 0 Å². The molecule has 0 bridgehead atoms. The SMILES string of the molecule is CC(C)C(CBr)(CBr)Cc1cccc(F)c1. The first-order chi connectivity index (χ1) is 7.54. The molecular formula is C13H17Br2F. The second-order valence-corrected chi connectivity index (χ2v) is 5.71. The van der Waals surface area contributed by atoms with Crippen LogP contribution in [0.2, 0.25) is 0 Å². The molecule has 0 saturated carbocycles. The van der Waals surface area contributed by atoms with Crippen LogP contribution in [-0.2, 0) is 6.42 Å². The van der Waals surface area contributed by atoms with Crippen molar-refractivity contribution in [1.82, 2.24) is 0 Å². The monoisotopic (exact) mass is 350 g/mol. The topological polar surface area (TPSA) is 0 Å². The molecule has 0 atom stereocenters. The predicted octanol–water partition coefficient (Wildman–Crippen LogP) is 4.80. The molecule has 0 amide bonds. The predicted molar refractivity (Wildman–Crippen MR) is 75.0 cm³/mol. The molecule has 0 N–H and O–H groups in total. The molecule has 0 radical (unpaired) electrons. The Kier molecular flexibility index (Phi) is 5.45. The summed E-state index contributed by atoms with van der Waals surface area (Å²) < 4.78 is 13.1. The standard InChI is InChI=1S/C13H17Br2F/c1-10(2)13(8-14,9-15)7-11-4-3-5-12(16)6-11/h3-6,10H,7-9H2,1-2H3. The van der Waals surface area contributed by atoms with E-state index in [0.717, 1.165) is 22.6 Å². The Morgan fingerprint density at radius 1 is 1.25 bits per heavy atom. The fourth-order valence-electron chi connectivity index (χ4n) is 1.70. The van der Waals surface area contributed by atoms with E-state index in [1.807, 2.05) is 6.07 Å². The van der Waals surface area contributed by atoms with Crippen LogP contribution in [0.15, 0.2) is 24.3 Å². The summed E-state index contributed by atoms with van der Waals surface area (Å²) in [6.07, 6.45) is 0.888. The lowest BCUT2D eigenvalue weighted by Gasteiger charge is -2.34. The molecule has 0 saturated heterocycles. The first kappa shape index (κ1) is 14.2. The number of benzene rings is 1. The van der Waals surface area contributed by atoms with E-state index in [4.69, 9.17) is 0 Å². The lowest BCUT2D eigenvalue weighted by atomic mass is 9.76. The Morgan fingerprint density at radius 3 is 2.31 bits per heavy atom. The minimum absolute atomic E-state index is 0.147. The molecule has 3 heteroatoms. The Balaban J connectivity index is 2.91. The molecule has 1 aromatic rings. The second-order valence-electron chi connectivity index (χ2n) is 4.59. The van der Waals surface area contributed by atoms with E-state index in [0.29, 0.717) is 5.92 Å². The third-order valence-electron chi connectivity index (χ3n) is 3.20. The highest BCUT2D eigenvalue weighted by Crippen LogP contribution is 2.35. The van der Waals surface area contributed by atoms with Gasteiger partial charge in [0.15, 0.2) is 0 Å². The van der Waals surface area contributed by atoms with E-state index >= 15 is 0 Å². The second kappa shape index (κ2) is 6.15. The number of halogens is 3. The molecule has 0 aliphatic heterocycles. The summed E-state index contributed by atoms with van der Waals surface area (Å²) in [5.41, 5.74) is 1.21. The van der Waals surface area contributed by atoms with Crippen LogP contribution in [0, 0.1) is 17.2 Å². The van der Waals surface area contributed by atoms with E-state index in [2.05, 4.69) is 45.7 Å². The van der Waals surface area contributed by atoms with Crippen LogP contribution in [-0.4, -0.2) is 10.7 Å². The van der Waals surface area contributed by atoms with Crippen molar-refractivity contribution in [3.63, 3.8) is 0 Å². The van der Waals surface area contributed by atoms with Crippen molar-refractivity contribution in [2.24, 2.45) is 11.3 Å². The maximum atomic E-state index is 13.1. The first-order valence-corrected chi connectivity index (χ1v) is 7.65. The summed E-state index contributed by atoms with van der Waals surface area (Å²) in [6.45, 7) is 4.42. The van der Waals surface area contributed by atoms with Crippen molar-refractivity contribution in [2.75, 3.05) is 10.7 Å². The van der Waals surface area contributed by atoms with Crippen LogP contribution in [0.3, 0.4) is 0 Å². The van der Waals surface area contributed by atoms with Crippen LogP contribution >= 0.6 is 31.9 Å². The van der Waals surface area contributed by atoms with Crippen LogP contribution in [0.25, 0.3) is 0 Å². The van der Waals surface area contributed by atoms with Gasteiger partial charge in [-0.2, -0.15) is 0 Å². The van der Waals surface area contributed by atoms with E-state index in [1.165, 1.54) is 6.07 Å². The van der Waals surface area contributed by atoms with Gasteiger partial charge in [-0.25, -0.2) is 4.39 Å². The van der Waals surface area contributed by atoms with Crippen molar-refractivity contribution in [2.45, 2.75) is 20.3 Å². The highest BCUT2D eigenvalue weighted by molar-refractivity contribution is 9.09. The normalized spacial score (nSPS) is 12.1. The van der Waals surface area contributed by atoms with Crippen molar-refractivity contribution in [3.05, 3.63) is 35.6 Å². The zero-order chi connectivity index (χ0) is 12.2. The summed E-state index contributed by atoms with van der Waals surface area (Å²) in [5, 5.41) is 1.83. The van der Waals surface area contributed by atoms with Crippen molar-refractivity contribution >= 4 is 31.9 Å². The third kappa shape index (κ3) is 3.30. The summed E-state index contributed by atoms with van der Waals surface area (Å²) >= 11 is 7.17. The summed E-state index contributed by atoms with van der Waals surface area (Å²) in [6, 6.07) is 6.88. The maximum Gasteiger partial charge on any atom is 0.123 e. The Morgan fingerprint density at radius 2 is 1.88 bits per heavy atom. The van der Waals surface area contributed by atoms with Crippen LogP contribution in [0.1, 0.15) is 19.4 Å². The molecule has 0 aromatic heterocycles. The molecule has 0 fully saturated rings. The fraction of sp³-hybridized carbons (Fsp3) is 0.538. The van der Waals surface area contributed by atoms with Gasteiger partial charge in [-0.1, -0.05) is 57.8 Å². The Labute approximate surface area is 114 Å². The lowest BCUT2D eigenvalue weighted by molar-refractivity contribution is 0.267. The summed E-state index contributed by atoms with van der Waals surface area (Å²) in [4.78, 5) is 0. The molecule has 1 aromatic carbocycles. The Hall–Kier alpha value is 0.110. The van der Waals surface area contributed by atoms with Gasteiger partial charge in [0.1, 0.15) is 5.82 Å². The minimum atomic E-state index is -0.153. The quantitative estimate of drug-likeness (QED) is 0.668. The minimum Gasteiger partial charge on any atom is -0.207 e. The number of hydrogen-bond donors (Lipinski definition) is 0. The molecule has 0 aliphatic carbocycles. The lowest BCUT2D eigenvalue weighted by Crippen LogP contribution is -2.33. The molecule has 1 rings (SSSR count). The van der Waals surface area contributed by atoms with Gasteiger partial charge in [-0.05, 0) is 35.4 Å². The number of hydrogen-bond acceptors (Lipinski definition) is 0. The zero-order valence-corrected chi connectivity index (χ0v) is 12.8. The maximum absolute atomic E-state index is 13.1.